The van der Waals surface area contributed by atoms with Gasteiger partial charge in [0, 0.05) is 26.1 Å². The van der Waals surface area contributed by atoms with E-state index in [0.717, 1.165) is 0 Å². The Labute approximate surface area is 98.2 Å². The van der Waals surface area contributed by atoms with Gasteiger partial charge in [-0.3, -0.25) is 14.4 Å². The van der Waals surface area contributed by atoms with Crippen LogP contribution in [-0.4, -0.2) is 35.9 Å². The molecule has 0 N–H and O–H groups in total. The van der Waals surface area contributed by atoms with Crippen molar-refractivity contribution in [3.8, 4) is 0 Å². The summed E-state index contributed by atoms with van der Waals surface area (Å²) in [5.74, 6) is 0.0814. The number of amides is 1. The predicted octanol–water partition coefficient (Wildman–Crippen LogP) is 0.133. The molecule has 2 rings (SSSR count). The number of nitrogens with zero attached hydrogens (tertiary/aromatic N) is 3. The average Bonchev–Trinajstić information content (AvgIpc) is 2.68. The molecule has 0 saturated carbocycles. The van der Waals surface area contributed by atoms with E-state index in [1.165, 1.54) is 9.58 Å². The van der Waals surface area contributed by atoms with E-state index in [0.29, 0.717) is 11.5 Å². The molecule has 1 amide bonds. The number of rotatable bonds is 2. The molecule has 0 aliphatic carbocycles. The zero-order valence-corrected chi connectivity index (χ0v) is 10.2. The largest absolute Gasteiger partial charge is 0.307 e. The third-order valence-corrected chi connectivity index (χ3v) is 3.85. The highest BCUT2D eigenvalue weighted by atomic mass is 32.3. The van der Waals surface area contributed by atoms with Crippen LogP contribution in [0.2, 0.25) is 0 Å². The van der Waals surface area contributed by atoms with Crippen LogP contribution >= 0.6 is 0 Å². The topological polar surface area (TPSA) is 72.3 Å². The second-order valence-corrected chi connectivity index (χ2v) is 5.69. The minimum absolute atomic E-state index is 0.156. The van der Waals surface area contributed by atoms with E-state index in [1.54, 1.807) is 20.0 Å². The van der Waals surface area contributed by atoms with Crippen LogP contribution in [0.3, 0.4) is 0 Å². The number of anilines is 1. The SMILES string of the molecule is Cc1cc(N2CC(S(=O)(=O)F)CC2=O)n(C)n1. The molecule has 1 atom stereocenters. The highest BCUT2D eigenvalue weighted by molar-refractivity contribution is 7.87. The van der Waals surface area contributed by atoms with E-state index in [4.69, 9.17) is 0 Å². The van der Waals surface area contributed by atoms with Gasteiger partial charge in [0.15, 0.2) is 0 Å². The third kappa shape index (κ3) is 2.17. The smallest absolute Gasteiger partial charge is 0.296 e. The van der Waals surface area contributed by atoms with Gasteiger partial charge in [0.25, 0.3) is 0 Å². The van der Waals surface area contributed by atoms with Crippen LogP contribution in [0, 0.1) is 6.92 Å². The second kappa shape index (κ2) is 3.80. The summed E-state index contributed by atoms with van der Waals surface area (Å²) < 4.78 is 35.9. The van der Waals surface area contributed by atoms with Crippen molar-refractivity contribution < 1.29 is 17.1 Å². The van der Waals surface area contributed by atoms with Gasteiger partial charge >= 0.3 is 10.2 Å². The van der Waals surface area contributed by atoms with Crippen LogP contribution in [0.25, 0.3) is 0 Å². The Morgan fingerprint density at radius 2 is 2.18 bits per heavy atom. The van der Waals surface area contributed by atoms with Crippen LogP contribution in [0.15, 0.2) is 6.07 Å². The van der Waals surface area contributed by atoms with E-state index >= 15 is 0 Å². The lowest BCUT2D eigenvalue weighted by atomic mass is 10.4. The van der Waals surface area contributed by atoms with Crippen molar-refractivity contribution in [3.05, 3.63) is 11.8 Å². The first-order chi connectivity index (χ1) is 7.79. The molecule has 0 radical (unpaired) electrons. The minimum atomic E-state index is -4.67. The lowest BCUT2D eigenvalue weighted by molar-refractivity contribution is -0.117. The van der Waals surface area contributed by atoms with Gasteiger partial charge < -0.3 is 0 Å². The van der Waals surface area contributed by atoms with Gasteiger partial charge in [-0.2, -0.15) is 13.5 Å². The van der Waals surface area contributed by atoms with Gasteiger partial charge in [-0.1, -0.05) is 0 Å². The van der Waals surface area contributed by atoms with Crippen LogP contribution < -0.4 is 4.90 Å². The quantitative estimate of drug-likeness (QED) is 0.709. The number of hydrogen-bond acceptors (Lipinski definition) is 4. The van der Waals surface area contributed by atoms with Gasteiger partial charge in [0.2, 0.25) is 5.91 Å². The molecule has 8 heteroatoms. The van der Waals surface area contributed by atoms with Gasteiger partial charge in [-0.05, 0) is 6.92 Å². The van der Waals surface area contributed by atoms with Crippen LogP contribution in [0.1, 0.15) is 12.1 Å². The van der Waals surface area contributed by atoms with Crippen LogP contribution in [-0.2, 0) is 22.1 Å². The van der Waals surface area contributed by atoms with Crippen LogP contribution in [0.4, 0.5) is 9.70 Å². The Kier molecular flexibility index (Phi) is 2.69. The van der Waals surface area contributed by atoms with E-state index in [2.05, 4.69) is 5.10 Å². The van der Waals surface area contributed by atoms with Crippen molar-refractivity contribution in [1.29, 1.82) is 0 Å². The monoisotopic (exact) mass is 261 g/mol. The molecule has 0 spiro atoms. The molecule has 1 aromatic rings. The molecule has 1 fully saturated rings. The van der Waals surface area contributed by atoms with Crippen molar-refractivity contribution in [2.75, 3.05) is 11.4 Å². The maximum Gasteiger partial charge on any atom is 0.307 e. The first-order valence-electron chi connectivity index (χ1n) is 5.03. The van der Waals surface area contributed by atoms with Gasteiger partial charge in [-0.15, -0.1) is 3.89 Å². The fraction of sp³-hybridized carbons (Fsp3) is 0.556. The Morgan fingerprint density at radius 3 is 2.59 bits per heavy atom. The zero-order valence-electron chi connectivity index (χ0n) is 9.42. The molecule has 2 heterocycles. The van der Waals surface area contributed by atoms with Crippen molar-refractivity contribution >= 4 is 21.9 Å². The lowest BCUT2D eigenvalue weighted by Gasteiger charge is -2.15. The van der Waals surface area contributed by atoms with Crippen LogP contribution in [0.5, 0.6) is 0 Å². The fourth-order valence-electron chi connectivity index (χ4n) is 1.93. The number of aromatic nitrogens is 2. The summed E-state index contributed by atoms with van der Waals surface area (Å²) >= 11 is 0. The lowest BCUT2D eigenvalue weighted by Crippen LogP contribution is -2.28. The fourth-order valence-corrected chi connectivity index (χ4v) is 2.60. The number of halogens is 1. The summed E-state index contributed by atoms with van der Waals surface area (Å²) in [5.41, 5.74) is 0.710. The summed E-state index contributed by atoms with van der Waals surface area (Å²) in [5, 5.41) is 2.78. The van der Waals surface area contributed by atoms with Gasteiger partial charge in [0.1, 0.15) is 11.1 Å². The first kappa shape index (κ1) is 12.0. The zero-order chi connectivity index (χ0) is 12.8. The maximum absolute atomic E-state index is 12.8. The van der Waals surface area contributed by atoms with E-state index in [1.807, 2.05) is 0 Å². The molecule has 0 bridgehead atoms. The Hall–Kier alpha value is -1.44. The van der Waals surface area contributed by atoms with Crippen molar-refractivity contribution in [2.24, 2.45) is 7.05 Å². The van der Waals surface area contributed by atoms with E-state index in [-0.39, 0.29) is 13.0 Å². The molecule has 6 nitrogen and oxygen atoms in total. The molecule has 0 aromatic carbocycles. The Bertz CT molecular complexity index is 566. The molecule has 1 unspecified atom stereocenters. The summed E-state index contributed by atoms with van der Waals surface area (Å²) in [6.45, 7) is 1.60. The van der Waals surface area contributed by atoms with Gasteiger partial charge in [-0.25, -0.2) is 0 Å². The normalized spacial score (nSPS) is 21.2. The number of carbonyl (C=O) groups is 1. The Morgan fingerprint density at radius 1 is 1.53 bits per heavy atom. The third-order valence-electron chi connectivity index (χ3n) is 2.74. The molecule has 17 heavy (non-hydrogen) atoms. The summed E-state index contributed by atoms with van der Waals surface area (Å²) in [7, 11) is -3.03. The standard InChI is InChI=1S/C9H12FN3O3S/c1-6-3-8(12(2)11-6)13-5-7(4-9(13)14)17(10,15)16/h3,7H,4-5H2,1-2H3. The molecular weight excluding hydrogens is 249 g/mol. The average molecular weight is 261 g/mol. The maximum atomic E-state index is 12.8. The Balaban J connectivity index is 2.31. The van der Waals surface area contributed by atoms with E-state index < -0.39 is 21.4 Å². The van der Waals surface area contributed by atoms with Crippen molar-refractivity contribution in [2.45, 2.75) is 18.6 Å². The molecule has 1 aliphatic rings. The predicted molar refractivity (Wildman–Crippen MR) is 58.7 cm³/mol. The second-order valence-electron chi connectivity index (χ2n) is 4.07. The molecule has 1 saturated heterocycles. The van der Waals surface area contributed by atoms with Crippen molar-refractivity contribution in [1.82, 2.24) is 9.78 Å². The molecular formula is C9H12FN3O3S. The van der Waals surface area contributed by atoms with Gasteiger partial charge in [0.05, 0.1) is 5.69 Å². The molecule has 1 aromatic heterocycles. The summed E-state index contributed by atoms with van der Waals surface area (Å²) in [6.07, 6.45) is -0.316. The highest BCUT2D eigenvalue weighted by Crippen LogP contribution is 2.25. The summed E-state index contributed by atoms with van der Waals surface area (Å²) in [6, 6.07) is 1.66. The number of aryl methyl sites for hydroxylation is 2. The molecule has 94 valence electrons. The minimum Gasteiger partial charge on any atom is -0.296 e. The highest BCUT2D eigenvalue weighted by Gasteiger charge is 2.40. The first-order valence-corrected chi connectivity index (χ1v) is 6.48. The number of carbonyl (C=O) groups excluding carboxylic acids is 1. The van der Waals surface area contributed by atoms with E-state index in [9.17, 15) is 17.1 Å². The number of hydrogen-bond donors (Lipinski definition) is 0. The molecule has 1 aliphatic heterocycles. The summed E-state index contributed by atoms with van der Waals surface area (Å²) in [4.78, 5) is 12.9. The van der Waals surface area contributed by atoms with Crippen molar-refractivity contribution in [3.63, 3.8) is 0 Å².